The van der Waals surface area contributed by atoms with Gasteiger partial charge in [0.2, 0.25) is 17.7 Å². The van der Waals surface area contributed by atoms with Crippen LogP contribution >= 0.6 is 15.9 Å². The molecule has 0 aromatic heterocycles. The van der Waals surface area contributed by atoms with E-state index in [0.29, 0.717) is 63.7 Å². The highest BCUT2D eigenvalue weighted by Gasteiger charge is 2.77. The first-order chi connectivity index (χ1) is 22.3. The first-order valence-corrected chi connectivity index (χ1v) is 17.3. The Morgan fingerprint density at radius 1 is 1.15 bits per heavy atom. The highest BCUT2D eigenvalue weighted by atomic mass is 79.9. The standard InChI is InChI=1S/C34H47BrN4O7/c1-5-13-37(16-15-36-17-19-44-20-18-36)33(43)30-34-21-26(35)29(46-34)27(28(34)32(42)39(30)23(7-3)22-40)31(41)38(14-6-2)24-9-11-25(12-10-24)45-8-4/h5-6,9-12,23,26-30,40H,1-2,7-8,13-22H2,3-4H3/t23-,26?,27+,28-,29+,30?,34?/m0/s1. The van der Waals surface area contributed by atoms with E-state index in [-0.39, 0.29) is 35.7 Å². The number of aliphatic hydroxyl groups excluding tert-OH is 1. The zero-order chi connectivity index (χ0) is 33.0. The smallest absolute Gasteiger partial charge is 0.248 e. The van der Waals surface area contributed by atoms with Crippen molar-refractivity contribution in [2.75, 3.05) is 70.6 Å². The molecule has 3 unspecified atom stereocenters. The van der Waals surface area contributed by atoms with E-state index in [0.717, 1.165) is 13.1 Å². The molecule has 46 heavy (non-hydrogen) atoms. The normalized spacial score (nSPS) is 29.3. The van der Waals surface area contributed by atoms with Crippen LogP contribution in [0.25, 0.3) is 0 Å². The molecule has 1 aromatic carbocycles. The molecule has 0 radical (unpaired) electrons. The maximum atomic E-state index is 14.7. The van der Waals surface area contributed by atoms with Crippen molar-refractivity contribution in [1.82, 2.24) is 14.7 Å². The van der Waals surface area contributed by atoms with Gasteiger partial charge < -0.3 is 34.0 Å². The van der Waals surface area contributed by atoms with Crippen LogP contribution in [0.1, 0.15) is 26.7 Å². The summed E-state index contributed by atoms with van der Waals surface area (Å²) in [4.78, 5) is 50.7. The Morgan fingerprint density at radius 3 is 2.46 bits per heavy atom. The van der Waals surface area contributed by atoms with Crippen molar-refractivity contribution in [2.24, 2.45) is 11.8 Å². The summed E-state index contributed by atoms with van der Waals surface area (Å²) in [6, 6.07) is 5.66. The number of halogens is 1. The fourth-order valence-electron chi connectivity index (χ4n) is 7.66. The van der Waals surface area contributed by atoms with Crippen molar-refractivity contribution in [2.45, 2.75) is 55.3 Å². The molecule has 2 bridgehead atoms. The second kappa shape index (κ2) is 15.0. The maximum absolute atomic E-state index is 14.7. The number of carbonyl (C=O) groups is 3. The van der Waals surface area contributed by atoms with E-state index in [1.54, 1.807) is 22.0 Å². The van der Waals surface area contributed by atoms with Crippen molar-refractivity contribution in [3.63, 3.8) is 0 Å². The molecule has 0 saturated carbocycles. The minimum absolute atomic E-state index is 0.228. The van der Waals surface area contributed by atoms with Gasteiger partial charge in [-0.3, -0.25) is 19.3 Å². The summed E-state index contributed by atoms with van der Waals surface area (Å²) in [5.74, 6) is -1.87. The minimum Gasteiger partial charge on any atom is -0.494 e. The molecule has 1 spiro atoms. The van der Waals surface area contributed by atoms with Gasteiger partial charge in [-0.25, -0.2) is 0 Å². The molecule has 4 aliphatic rings. The number of carbonyl (C=O) groups excluding carboxylic acids is 3. The fourth-order valence-corrected chi connectivity index (χ4v) is 8.61. The average molecular weight is 704 g/mol. The second-order valence-corrected chi connectivity index (χ2v) is 13.5. The van der Waals surface area contributed by atoms with Gasteiger partial charge in [0.25, 0.3) is 0 Å². The predicted octanol–water partition coefficient (Wildman–Crippen LogP) is 2.47. The summed E-state index contributed by atoms with van der Waals surface area (Å²) in [6.45, 7) is 16.3. The monoisotopic (exact) mass is 702 g/mol. The number of fused-ring (bicyclic) bond motifs is 1. The largest absolute Gasteiger partial charge is 0.494 e. The Hall–Kier alpha value is -2.77. The number of hydrogen-bond donors (Lipinski definition) is 1. The molecular formula is C34H47BrN4O7. The summed E-state index contributed by atoms with van der Waals surface area (Å²) in [6.07, 6.45) is 3.57. The Balaban J connectivity index is 1.50. The highest BCUT2D eigenvalue weighted by Crippen LogP contribution is 2.61. The summed E-state index contributed by atoms with van der Waals surface area (Å²) < 4.78 is 17.8. The third-order valence-corrected chi connectivity index (χ3v) is 10.7. The summed E-state index contributed by atoms with van der Waals surface area (Å²) in [5, 5.41) is 10.4. The number of aliphatic hydroxyl groups is 1. The van der Waals surface area contributed by atoms with Crippen molar-refractivity contribution < 1.29 is 33.7 Å². The quantitative estimate of drug-likeness (QED) is 0.219. The number of likely N-dealkylation sites (tertiary alicyclic amines) is 1. The third-order valence-electron chi connectivity index (χ3n) is 9.81. The molecule has 11 nitrogen and oxygen atoms in total. The molecule has 252 valence electrons. The van der Waals surface area contributed by atoms with Crippen LogP contribution in [0.4, 0.5) is 5.69 Å². The van der Waals surface area contributed by atoms with Gasteiger partial charge in [-0.1, -0.05) is 35.0 Å². The molecule has 1 aromatic rings. The number of morpholine rings is 1. The van der Waals surface area contributed by atoms with E-state index >= 15 is 0 Å². The number of alkyl halides is 1. The van der Waals surface area contributed by atoms with E-state index in [9.17, 15) is 19.5 Å². The lowest BCUT2D eigenvalue weighted by molar-refractivity contribution is -0.151. The average Bonchev–Trinajstić information content (AvgIpc) is 3.66. The zero-order valence-electron chi connectivity index (χ0n) is 26.9. The number of amides is 3. The molecule has 4 heterocycles. The van der Waals surface area contributed by atoms with Crippen LogP contribution < -0.4 is 9.64 Å². The Bertz CT molecular complexity index is 1270. The highest BCUT2D eigenvalue weighted by molar-refractivity contribution is 9.09. The van der Waals surface area contributed by atoms with Crippen molar-refractivity contribution in [1.29, 1.82) is 0 Å². The molecule has 5 rings (SSSR count). The number of rotatable bonds is 15. The van der Waals surface area contributed by atoms with Gasteiger partial charge in [0.05, 0.1) is 50.4 Å². The van der Waals surface area contributed by atoms with E-state index in [1.807, 2.05) is 38.1 Å². The van der Waals surface area contributed by atoms with Crippen molar-refractivity contribution in [3.8, 4) is 5.75 Å². The Morgan fingerprint density at radius 2 is 1.85 bits per heavy atom. The fraction of sp³-hybridized carbons (Fsp3) is 0.618. The van der Waals surface area contributed by atoms with Crippen LogP contribution in [-0.4, -0.2) is 132 Å². The van der Waals surface area contributed by atoms with Gasteiger partial charge in [-0.2, -0.15) is 0 Å². The van der Waals surface area contributed by atoms with Crippen LogP contribution in [0.3, 0.4) is 0 Å². The molecule has 3 amide bonds. The third kappa shape index (κ3) is 6.26. The number of anilines is 1. The molecule has 7 atom stereocenters. The van der Waals surface area contributed by atoms with E-state index in [1.165, 1.54) is 4.90 Å². The van der Waals surface area contributed by atoms with E-state index in [4.69, 9.17) is 14.2 Å². The maximum Gasteiger partial charge on any atom is 0.248 e. The van der Waals surface area contributed by atoms with Gasteiger partial charge in [0.1, 0.15) is 17.4 Å². The van der Waals surface area contributed by atoms with E-state index < -0.39 is 35.6 Å². The lowest BCUT2D eigenvalue weighted by Crippen LogP contribution is -2.59. The van der Waals surface area contributed by atoms with Crippen molar-refractivity contribution >= 4 is 39.3 Å². The molecule has 1 N–H and O–H groups in total. The summed E-state index contributed by atoms with van der Waals surface area (Å²) >= 11 is 3.77. The van der Waals surface area contributed by atoms with Crippen LogP contribution in [-0.2, 0) is 23.9 Å². The molecule has 4 saturated heterocycles. The molecule has 0 aliphatic carbocycles. The SMILES string of the molecule is C=CCN(CCN1CCOCC1)C(=O)C1N([C@@H](CC)CO)C(=O)[C@@H]2[C@@H](C(=O)N(CC=C)c3ccc(OCC)cc3)[C@@H]3OC12CC3Br. The molecule has 4 aliphatic heterocycles. The summed E-state index contributed by atoms with van der Waals surface area (Å²) in [5.41, 5.74) is -0.583. The minimum atomic E-state index is -1.23. The summed E-state index contributed by atoms with van der Waals surface area (Å²) in [7, 11) is 0. The topological polar surface area (TPSA) is 112 Å². The van der Waals surface area contributed by atoms with Gasteiger partial charge in [-0.05, 0) is 44.0 Å². The van der Waals surface area contributed by atoms with Gasteiger partial charge >= 0.3 is 0 Å². The van der Waals surface area contributed by atoms with Crippen LogP contribution in [0.2, 0.25) is 0 Å². The van der Waals surface area contributed by atoms with Gasteiger partial charge in [0.15, 0.2) is 0 Å². The second-order valence-electron chi connectivity index (χ2n) is 12.3. The number of hydrogen-bond acceptors (Lipinski definition) is 8. The van der Waals surface area contributed by atoms with E-state index in [2.05, 4.69) is 34.0 Å². The first kappa shape index (κ1) is 34.6. The predicted molar refractivity (Wildman–Crippen MR) is 178 cm³/mol. The Labute approximate surface area is 280 Å². The lowest BCUT2D eigenvalue weighted by atomic mass is 9.70. The van der Waals surface area contributed by atoms with Gasteiger partial charge in [0, 0.05) is 49.8 Å². The van der Waals surface area contributed by atoms with Crippen LogP contribution in [0, 0.1) is 11.8 Å². The van der Waals surface area contributed by atoms with Crippen LogP contribution in [0.5, 0.6) is 5.75 Å². The van der Waals surface area contributed by atoms with Gasteiger partial charge in [-0.15, -0.1) is 13.2 Å². The van der Waals surface area contributed by atoms with Crippen LogP contribution in [0.15, 0.2) is 49.6 Å². The molecular weight excluding hydrogens is 656 g/mol. The molecule has 12 heteroatoms. The Kier molecular flexibility index (Phi) is 11.3. The number of nitrogens with zero attached hydrogens (tertiary/aromatic N) is 4. The number of ether oxygens (including phenoxy) is 3. The van der Waals surface area contributed by atoms with Crippen molar-refractivity contribution in [3.05, 3.63) is 49.6 Å². The molecule has 4 fully saturated rings. The number of benzene rings is 1. The first-order valence-electron chi connectivity index (χ1n) is 16.4. The zero-order valence-corrected chi connectivity index (χ0v) is 28.5. The lowest BCUT2D eigenvalue weighted by Gasteiger charge is -2.39.